The van der Waals surface area contributed by atoms with Gasteiger partial charge in [0.25, 0.3) is 5.91 Å². The van der Waals surface area contributed by atoms with E-state index in [2.05, 4.69) is 15.3 Å². The fourth-order valence-corrected chi connectivity index (χ4v) is 3.65. The molecule has 1 amide bonds. The van der Waals surface area contributed by atoms with Gasteiger partial charge in [-0.2, -0.15) is 26.3 Å². The van der Waals surface area contributed by atoms with E-state index in [1.165, 1.54) is 16.7 Å². The SMILES string of the molecule is CSc1nc(C)c2c(n1)NCCCN(Cc1cc(C(F)(F)F)cc(C(F)(F)F)c1)C2=O. The summed E-state index contributed by atoms with van der Waals surface area (Å²) in [4.78, 5) is 22.9. The lowest BCUT2D eigenvalue weighted by Crippen LogP contribution is -2.36. The van der Waals surface area contributed by atoms with Gasteiger partial charge in [-0.3, -0.25) is 4.79 Å². The van der Waals surface area contributed by atoms with E-state index < -0.39 is 35.9 Å². The summed E-state index contributed by atoms with van der Waals surface area (Å²) in [6, 6.07) is 1.35. The lowest BCUT2D eigenvalue weighted by atomic mass is 10.0. The second kappa shape index (κ2) is 8.56. The van der Waals surface area contributed by atoms with E-state index in [0.717, 1.165) is 0 Å². The van der Waals surface area contributed by atoms with Crippen LogP contribution in [0.4, 0.5) is 32.2 Å². The van der Waals surface area contributed by atoms with Crippen LogP contribution in [0.15, 0.2) is 23.4 Å². The van der Waals surface area contributed by atoms with E-state index in [1.54, 1.807) is 13.2 Å². The number of hydrogen-bond donors (Lipinski definition) is 1. The highest BCUT2D eigenvalue weighted by Gasteiger charge is 2.37. The van der Waals surface area contributed by atoms with E-state index in [4.69, 9.17) is 0 Å². The fourth-order valence-electron chi connectivity index (χ4n) is 3.24. The molecule has 5 nitrogen and oxygen atoms in total. The summed E-state index contributed by atoms with van der Waals surface area (Å²) in [5, 5.41) is 3.49. The summed E-state index contributed by atoms with van der Waals surface area (Å²) in [5.74, 6) is -0.259. The van der Waals surface area contributed by atoms with Crippen LogP contribution in [0.5, 0.6) is 0 Å². The molecule has 0 saturated heterocycles. The van der Waals surface area contributed by atoms with Crippen LogP contribution in [0.25, 0.3) is 0 Å². The first kappa shape index (κ1) is 23.2. The number of halogens is 6. The molecule has 1 aliphatic rings. The predicted molar refractivity (Wildman–Crippen MR) is 103 cm³/mol. The Hall–Kier alpha value is -2.50. The van der Waals surface area contributed by atoms with Crippen LogP contribution >= 0.6 is 11.8 Å². The number of carbonyl (C=O) groups is 1. The van der Waals surface area contributed by atoms with Gasteiger partial charge in [0.2, 0.25) is 0 Å². The molecule has 2 aromatic rings. The number of carbonyl (C=O) groups excluding carboxylic acids is 1. The normalized spacial score (nSPS) is 15.2. The summed E-state index contributed by atoms with van der Waals surface area (Å²) >= 11 is 1.28. The van der Waals surface area contributed by atoms with Crippen LogP contribution in [0.3, 0.4) is 0 Å². The van der Waals surface area contributed by atoms with Crippen LogP contribution in [-0.4, -0.2) is 40.1 Å². The van der Waals surface area contributed by atoms with Crippen molar-refractivity contribution in [2.45, 2.75) is 37.4 Å². The number of alkyl halides is 6. The van der Waals surface area contributed by atoms with E-state index in [0.29, 0.717) is 41.8 Å². The number of nitrogens with zero attached hydrogens (tertiary/aromatic N) is 3. The standard InChI is InChI=1S/C19H18F6N4OS/c1-10-14-15(28-17(27-10)31-2)26-4-3-5-29(16(14)30)9-11-6-12(18(20,21)22)8-13(7-11)19(23,24)25/h6-8H,3-5,9H2,1-2H3,(H,26,27,28). The van der Waals surface area contributed by atoms with Crippen molar-refractivity contribution in [3.8, 4) is 0 Å². The molecule has 1 N–H and O–H groups in total. The van der Waals surface area contributed by atoms with Gasteiger partial charge in [-0.1, -0.05) is 11.8 Å². The Balaban J connectivity index is 2.01. The number of nitrogens with one attached hydrogen (secondary N) is 1. The minimum absolute atomic E-state index is 0.0694. The van der Waals surface area contributed by atoms with Crippen LogP contribution in [0, 0.1) is 6.92 Å². The molecule has 0 radical (unpaired) electrons. The maximum absolute atomic E-state index is 13.2. The van der Waals surface area contributed by atoms with Crippen LogP contribution in [0.2, 0.25) is 0 Å². The van der Waals surface area contributed by atoms with Crippen molar-refractivity contribution in [3.63, 3.8) is 0 Å². The minimum atomic E-state index is -4.95. The molecule has 0 saturated carbocycles. The third kappa shape index (κ3) is 5.23. The van der Waals surface area contributed by atoms with Gasteiger partial charge in [0.1, 0.15) is 11.4 Å². The lowest BCUT2D eigenvalue weighted by molar-refractivity contribution is -0.143. The van der Waals surface area contributed by atoms with E-state index in [1.807, 2.05) is 0 Å². The molecule has 1 aromatic heterocycles. The highest BCUT2D eigenvalue weighted by molar-refractivity contribution is 7.98. The van der Waals surface area contributed by atoms with E-state index in [-0.39, 0.29) is 23.7 Å². The number of hydrogen-bond acceptors (Lipinski definition) is 5. The first-order valence-electron chi connectivity index (χ1n) is 9.14. The van der Waals surface area contributed by atoms with Crippen molar-refractivity contribution in [3.05, 3.63) is 46.1 Å². The number of aromatic nitrogens is 2. The Labute approximate surface area is 178 Å². The molecule has 12 heteroatoms. The van der Waals surface area contributed by atoms with Gasteiger partial charge in [0, 0.05) is 19.6 Å². The summed E-state index contributed by atoms with van der Waals surface area (Å²) in [7, 11) is 0. The van der Waals surface area contributed by atoms with Gasteiger partial charge in [-0.15, -0.1) is 0 Å². The molecular formula is C19H18F6N4OS. The number of amides is 1. The monoisotopic (exact) mass is 464 g/mol. The summed E-state index contributed by atoms with van der Waals surface area (Å²) in [6.07, 6.45) is -7.70. The van der Waals surface area contributed by atoms with Crippen molar-refractivity contribution >= 4 is 23.5 Å². The topological polar surface area (TPSA) is 58.1 Å². The Kier molecular flexibility index (Phi) is 6.40. The highest BCUT2D eigenvalue weighted by atomic mass is 32.2. The van der Waals surface area contributed by atoms with Crippen molar-refractivity contribution in [1.29, 1.82) is 0 Å². The van der Waals surface area contributed by atoms with Gasteiger partial charge in [0.05, 0.1) is 16.8 Å². The zero-order valence-corrected chi connectivity index (χ0v) is 17.3. The third-order valence-electron chi connectivity index (χ3n) is 4.67. The number of anilines is 1. The highest BCUT2D eigenvalue weighted by Crippen LogP contribution is 2.37. The van der Waals surface area contributed by atoms with Gasteiger partial charge in [0.15, 0.2) is 5.16 Å². The van der Waals surface area contributed by atoms with Gasteiger partial charge >= 0.3 is 12.4 Å². The number of fused-ring (bicyclic) bond motifs is 1. The van der Waals surface area contributed by atoms with Gasteiger partial charge in [-0.05, 0) is 43.4 Å². The zero-order chi connectivity index (χ0) is 23.0. The largest absolute Gasteiger partial charge is 0.416 e. The molecular weight excluding hydrogens is 446 g/mol. The van der Waals surface area contributed by atoms with Crippen LogP contribution in [0.1, 0.15) is 39.2 Å². The maximum atomic E-state index is 13.2. The molecule has 1 aliphatic heterocycles. The lowest BCUT2D eigenvalue weighted by Gasteiger charge is -2.28. The van der Waals surface area contributed by atoms with Gasteiger partial charge < -0.3 is 10.2 Å². The zero-order valence-electron chi connectivity index (χ0n) is 16.5. The summed E-state index contributed by atoms with van der Waals surface area (Å²) < 4.78 is 78.9. The Morgan fingerprint density at radius 3 is 2.23 bits per heavy atom. The van der Waals surface area contributed by atoms with E-state index in [9.17, 15) is 31.1 Å². The van der Waals surface area contributed by atoms with Crippen molar-refractivity contribution in [1.82, 2.24) is 14.9 Å². The molecule has 2 heterocycles. The third-order valence-corrected chi connectivity index (χ3v) is 5.22. The summed E-state index contributed by atoms with van der Waals surface area (Å²) in [5.41, 5.74) is -2.56. The van der Waals surface area contributed by atoms with E-state index >= 15 is 0 Å². The Bertz CT molecular complexity index is 960. The fraction of sp³-hybridized carbons (Fsp3) is 0.421. The van der Waals surface area contributed by atoms with Crippen molar-refractivity contribution < 1.29 is 31.1 Å². The first-order chi connectivity index (χ1) is 14.4. The summed E-state index contributed by atoms with van der Waals surface area (Å²) in [6.45, 7) is 1.77. The molecule has 0 bridgehead atoms. The van der Waals surface area contributed by atoms with Crippen molar-refractivity contribution in [2.24, 2.45) is 0 Å². The second-order valence-electron chi connectivity index (χ2n) is 6.94. The second-order valence-corrected chi connectivity index (χ2v) is 7.71. The first-order valence-corrected chi connectivity index (χ1v) is 10.4. The average Bonchev–Trinajstić information content (AvgIpc) is 2.66. The quantitative estimate of drug-likeness (QED) is 0.394. The number of benzene rings is 1. The molecule has 0 fully saturated rings. The number of thioether (sulfide) groups is 1. The molecule has 0 spiro atoms. The minimum Gasteiger partial charge on any atom is -0.369 e. The Morgan fingerprint density at radius 1 is 1.06 bits per heavy atom. The van der Waals surface area contributed by atoms with Crippen molar-refractivity contribution in [2.75, 3.05) is 24.7 Å². The number of rotatable bonds is 3. The molecule has 0 aliphatic carbocycles. The van der Waals surface area contributed by atoms with Crippen LogP contribution < -0.4 is 5.32 Å². The molecule has 168 valence electrons. The smallest absolute Gasteiger partial charge is 0.369 e. The van der Waals surface area contributed by atoms with Gasteiger partial charge in [-0.25, -0.2) is 9.97 Å². The maximum Gasteiger partial charge on any atom is 0.416 e. The molecule has 0 unspecified atom stereocenters. The van der Waals surface area contributed by atoms with Crippen LogP contribution in [-0.2, 0) is 18.9 Å². The molecule has 31 heavy (non-hydrogen) atoms. The molecule has 1 aromatic carbocycles. The molecule has 3 rings (SSSR count). The number of aryl methyl sites for hydroxylation is 1. The molecule has 0 atom stereocenters. The Morgan fingerprint density at radius 2 is 1.68 bits per heavy atom. The average molecular weight is 464 g/mol. The predicted octanol–water partition coefficient (Wildman–Crippen LogP) is 5.00.